The van der Waals surface area contributed by atoms with Crippen molar-refractivity contribution in [3.63, 3.8) is 0 Å². The van der Waals surface area contributed by atoms with Crippen LogP contribution < -0.4 is 5.73 Å². The van der Waals surface area contributed by atoms with E-state index in [1.807, 2.05) is 6.92 Å². The van der Waals surface area contributed by atoms with Gasteiger partial charge in [-0.05, 0) is 32.6 Å². The Balaban J connectivity index is 2.30. The Kier molecular flexibility index (Phi) is 2.77. The average molecular weight is 137 g/mol. The molecule has 1 aliphatic rings. The molecule has 56 valence electrons. The van der Waals surface area contributed by atoms with E-state index in [1.54, 1.807) is 0 Å². The normalized spacial score (nSPS) is 32.6. The Labute approximate surface area is 63.0 Å². The molecule has 0 atom stereocenters. The SMILES string of the molecule is CC#CC1CCC(N)CC1. The van der Waals surface area contributed by atoms with Crippen molar-refractivity contribution in [2.45, 2.75) is 38.6 Å². The summed E-state index contributed by atoms with van der Waals surface area (Å²) in [5.74, 6) is 6.80. The third-order valence-electron chi connectivity index (χ3n) is 2.12. The van der Waals surface area contributed by atoms with Crippen molar-refractivity contribution in [3.05, 3.63) is 0 Å². The molecule has 0 aliphatic heterocycles. The molecule has 1 saturated carbocycles. The number of hydrogen-bond donors (Lipinski definition) is 1. The van der Waals surface area contributed by atoms with Crippen molar-refractivity contribution in [2.24, 2.45) is 11.7 Å². The lowest BCUT2D eigenvalue weighted by Gasteiger charge is -2.21. The van der Waals surface area contributed by atoms with Crippen LogP contribution in [0, 0.1) is 17.8 Å². The van der Waals surface area contributed by atoms with Gasteiger partial charge in [0, 0.05) is 12.0 Å². The number of nitrogens with two attached hydrogens (primary N) is 1. The highest BCUT2D eigenvalue weighted by Crippen LogP contribution is 2.21. The van der Waals surface area contributed by atoms with Crippen LogP contribution in [0.4, 0.5) is 0 Å². The molecule has 1 aliphatic carbocycles. The van der Waals surface area contributed by atoms with Gasteiger partial charge < -0.3 is 5.73 Å². The molecule has 1 fully saturated rings. The minimum atomic E-state index is 0.454. The summed E-state index contributed by atoms with van der Waals surface area (Å²) in [6.45, 7) is 1.91. The van der Waals surface area contributed by atoms with Crippen LogP contribution in [-0.4, -0.2) is 6.04 Å². The van der Waals surface area contributed by atoms with Crippen molar-refractivity contribution in [2.75, 3.05) is 0 Å². The highest BCUT2D eigenvalue weighted by atomic mass is 14.6. The third kappa shape index (κ3) is 2.04. The van der Waals surface area contributed by atoms with E-state index in [2.05, 4.69) is 11.8 Å². The molecular formula is C9H15N. The quantitative estimate of drug-likeness (QED) is 0.503. The lowest BCUT2D eigenvalue weighted by atomic mass is 9.87. The number of hydrogen-bond acceptors (Lipinski definition) is 1. The zero-order valence-electron chi connectivity index (χ0n) is 6.56. The maximum atomic E-state index is 5.74. The van der Waals surface area contributed by atoms with Gasteiger partial charge in [0.1, 0.15) is 0 Å². The van der Waals surface area contributed by atoms with Crippen molar-refractivity contribution >= 4 is 0 Å². The van der Waals surface area contributed by atoms with Gasteiger partial charge in [0.25, 0.3) is 0 Å². The summed E-state index contributed by atoms with van der Waals surface area (Å²) in [4.78, 5) is 0. The summed E-state index contributed by atoms with van der Waals surface area (Å²) in [6.07, 6.45) is 4.75. The first-order valence-electron chi connectivity index (χ1n) is 4.01. The highest BCUT2D eigenvalue weighted by molar-refractivity contribution is 5.02. The monoisotopic (exact) mass is 137 g/mol. The van der Waals surface area contributed by atoms with Crippen LogP contribution in [0.1, 0.15) is 32.6 Å². The highest BCUT2D eigenvalue weighted by Gasteiger charge is 2.15. The minimum absolute atomic E-state index is 0.454. The fourth-order valence-electron chi connectivity index (χ4n) is 1.47. The second-order valence-corrected chi connectivity index (χ2v) is 3.01. The van der Waals surface area contributed by atoms with Gasteiger partial charge in [-0.2, -0.15) is 0 Å². The third-order valence-corrected chi connectivity index (χ3v) is 2.12. The number of rotatable bonds is 0. The Morgan fingerprint density at radius 1 is 1.20 bits per heavy atom. The first kappa shape index (κ1) is 7.63. The van der Waals surface area contributed by atoms with E-state index in [9.17, 15) is 0 Å². The molecule has 0 aromatic rings. The predicted octanol–water partition coefficient (Wildman–Crippen LogP) is 1.53. The molecule has 0 spiro atoms. The maximum Gasteiger partial charge on any atom is 0.0203 e. The molecule has 1 heteroatoms. The standard InChI is InChI=1S/C9H15N/c1-2-3-8-4-6-9(10)7-5-8/h8-9H,4-7,10H2,1H3. The lowest BCUT2D eigenvalue weighted by Crippen LogP contribution is -2.25. The van der Waals surface area contributed by atoms with Crippen LogP contribution in [0.25, 0.3) is 0 Å². The molecule has 0 aromatic carbocycles. The minimum Gasteiger partial charge on any atom is -0.328 e. The summed E-state index contributed by atoms with van der Waals surface area (Å²) in [5.41, 5.74) is 5.74. The van der Waals surface area contributed by atoms with Gasteiger partial charge in [-0.1, -0.05) is 0 Å². The smallest absolute Gasteiger partial charge is 0.0203 e. The van der Waals surface area contributed by atoms with Crippen LogP contribution in [0.5, 0.6) is 0 Å². The second-order valence-electron chi connectivity index (χ2n) is 3.01. The fourth-order valence-corrected chi connectivity index (χ4v) is 1.47. The van der Waals surface area contributed by atoms with Gasteiger partial charge >= 0.3 is 0 Å². The molecule has 0 saturated heterocycles. The Hall–Kier alpha value is -0.480. The summed E-state index contributed by atoms with van der Waals surface area (Å²) < 4.78 is 0. The topological polar surface area (TPSA) is 26.0 Å². The molecule has 0 bridgehead atoms. The Bertz CT molecular complexity index is 144. The van der Waals surface area contributed by atoms with Crippen LogP contribution in [0.15, 0.2) is 0 Å². The molecule has 0 aromatic heterocycles. The van der Waals surface area contributed by atoms with Gasteiger partial charge in [0.2, 0.25) is 0 Å². The average Bonchev–Trinajstić information content (AvgIpc) is 1.95. The van der Waals surface area contributed by atoms with Gasteiger partial charge in [-0.3, -0.25) is 0 Å². The Morgan fingerprint density at radius 3 is 2.30 bits per heavy atom. The summed E-state index contributed by atoms with van der Waals surface area (Å²) in [7, 11) is 0. The first-order chi connectivity index (χ1) is 4.83. The first-order valence-corrected chi connectivity index (χ1v) is 4.01. The van der Waals surface area contributed by atoms with Crippen LogP contribution in [0.3, 0.4) is 0 Å². The zero-order chi connectivity index (χ0) is 7.40. The van der Waals surface area contributed by atoms with Gasteiger partial charge in [0.15, 0.2) is 0 Å². The largest absolute Gasteiger partial charge is 0.328 e. The molecule has 1 rings (SSSR count). The molecule has 0 amide bonds. The van der Waals surface area contributed by atoms with E-state index in [1.165, 1.54) is 25.7 Å². The van der Waals surface area contributed by atoms with E-state index in [-0.39, 0.29) is 0 Å². The maximum absolute atomic E-state index is 5.74. The summed E-state index contributed by atoms with van der Waals surface area (Å²) in [5, 5.41) is 0. The molecular weight excluding hydrogens is 122 g/mol. The predicted molar refractivity (Wildman–Crippen MR) is 43.4 cm³/mol. The van der Waals surface area contributed by atoms with E-state index in [0.717, 1.165) is 0 Å². The van der Waals surface area contributed by atoms with Crippen molar-refractivity contribution in [1.29, 1.82) is 0 Å². The van der Waals surface area contributed by atoms with E-state index >= 15 is 0 Å². The molecule has 2 N–H and O–H groups in total. The Morgan fingerprint density at radius 2 is 1.80 bits per heavy atom. The molecule has 10 heavy (non-hydrogen) atoms. The van der Waals surface area contributed by atoms with Crippen molar-refractivity contribution in [1.82, 2.24) is 0 Å². The van der Waals surface area contributed by atoms with Crippen LogP contribution in [-0.2, 0) is 0 Å². The zero-order valence-corrected chi connectivity index (χ0v) is 6.56. The molecule has 1 nitrogen and oxygen atoms in total. The molecule has 0 heterocycles. The van der Waals surface area contributed by atoms with Gasteiger partial charge in [0.05, 0.1) is 0 Å². The molecule has 0 radical (unpaired) electrons. The summed E-state index contributed by atoms with van der Waals surface area (Å²) in [6, 6.07) is 0.454. The van der Waals surface area contributed by atoms with Crippen LogP contribution in [0.2, 0.25) is 0 Å². The van der Waals surface area contributed by atoms with E-state index < -0.39 is 0 Å². The van der Waals surface area contributed by atoms with E-state index in [4.69, 9.17) is 5.73 Å². The lowest BCUT2D eigenvalue weighted by molar-refractivity contribution is 0.384. The van der Waals surface area contributed by atoms with Gasteiger partial charge in [-0.15, -0.1) is 11.8 Å². The fraction of sp³-hybridized carbons (Fsp3) is 0.778. The summed E-state index contributed by atoms with van der Waals surface area (Å²) >= 11 is 0. The van der Waals surface area contributed by atoms with Gasteiger partial charge in [-0.25, -0.2) is 0 Å². The molecule has 0 unspecified atom stereocenters. The van der Waals surface area contributed by atoms with Crippen molar-refractivity contribution in [3.8, 4) is 11.8 Å². The van der Waals surface area contributed by atoms with Crippen molar-refractivity contribution < 1.29 is 0 Å². The second kappa shape index (κ2) is 3.63. The van der Waals surface area contributed by atoms with E-state index in [0.29, 0.717) is 12.0 Å². The van der Waals surface area contributed by atoms with Crippen LogP contribution >= 0.6 is 0 Å².